The van der Waals surface area contributed by atoms with Gasteiger partial charge in [-0.3, -0.25) is 4.98 Å². The average molecular weight is 479 g/mol. The van der Waals surface area contributed by atoms with Crippen LogP contribution in [0.3, 0.4) is 0 Å². The average Bonchev–Trinajstić information content (AvgIpc) is 3.59. The Morgan fingerprint density at radius 1 is 0.833 bits per heavy atom. The van der Waals surface area contributed by atoms with E-state index in [2.05, 4.69) is 85.7 Å². The number of nitrogens with zero attached hydrogens (tertiary/aromatic N) is 7. The third-order valence-corrected chi connectivity index (χ3v) is 6.24. The molecule has 0 saturated heterocycles. The second-order valence-corrected chi connectivity index (χ2v) is 8.88. The summed E-state index contributed by atoms with van der Waals surface area (Å²) >= 11 is 0. The number of aryl methyl sites for hydroxylation is 3. The predicted octanol–water partition coefficient (Wildman–Crippen LogP) is 5.09. The van der Waals surface area contributed by atoms with Gasteiger partial charge in [0.2, 0.25) is 5.82 Å². The van der Waals surface area contributed by atoms with Gasteiger partial charge in [-0.15, -0.1) is 10.2 Å². The highest BCUT2D eigenvalue weighted by Gasteiger charge is 2.14. The van der Waals surface area contributed by atoms with E-state index in [9.17, 15) is 0 Å². The normalized spacial score (nSPS) is 11.1. The van der Waals surface area contributed by atoms with E-state index < -0.39 is 0 Å². The van der Waals surface area contributed by atoms with Crippen molar-refractivity contribution in [3.05, 3.63) is 95.7 Å². The molecule has 0 amide bonds. The summed E-state index contributed by atoms with van der Waals surface area (Å²) in [5.41, 5.74) is 5.22. The van der Waals surface area contributed by atoms with E-state index in [4.69, 9.17) is 10.1 Å². The third kappa shape index (κ3) is 5.71. The summed E-state index contributed by atoms with van der Waals surface area (Å²) in [6.07, 6.45) is 8.01. The molecule has 0 atom stereocenters. The maximum Gasteiger partial charge on any atom is 0.223 e. The summed E-state index contributed by atoms with van der Waals surface area (Å²) < 4.78 is 2.08. The number of aromatic nitrogens is 8. The first-order chi connectivity index (χ1) is 17.8. The quantitative estimate of drug-likeness (QED) is 0.266. The number of benzene rings is 2. The number of H-pyrrole nitrogens is 1. The first kappa shape index (κ1) is 23.5. The zero-order chi connectivity index (χ0) is 24.6. The second kappa shape index (κ2) is 11.5. The van der Waals surface area contributed by atoms with Gasteiger partial charge >= 0.3 is 0 Å². The standard InChI is InChI=1S/C28H30N8/c1-2-3-5-12-26-30-25(18-15-21-9-6-4-7-10-21)33-36(26)20-22-13-16-23(17-14-22)24-11-8-19-29-27(24)28-31-34-35-32-28/h4,6-11,13-14,16-17,19H,2-3,5,12,15,18,20H2,1H3,(H,31,32,34,35). The van der Waals surface area contributed by atoms with Gasteiger partial charge in [0.05, 0.1) is 6.54 Å². The molecule has 0 radical (unpaired) electrons. The van der Waals surface area contributed by atoms with Crippen LogP contribution >= 0.6 is 0 Å². The SMILES string of the molecule is CCCCCc1nc(CCc2ccccc2)nn1Cc1ccc(-c2cccnc2-c2nn[nH]n2)cc1. The van der Waals surface area contributed by atoms with Crippen LogP contribution in [-0.2, 0) is 25.8 Å². The highest BCUT2D eigenvalue weighted by molar-refractivity contribution is 5.77. The minimum absolute atomic E-state index is 0.483. The van der Waals surface area contributed by atoms with Gasteiger partial charge in [-0.25, -0.2) is 9.67 Å². The number of aromatic amines is 1. The fourth-order valence-electron chi connectivity index (χ4n) is 4.32. The predicted molar refractivity (Wildman–Crippen MR) is 139 cm³/mol. The largest absolute Gasteiger partial charge is 0.252 e. The molecule has 1 N–H and O–H groups in total. The van der Waals surface area contributed by atoms with Gasteiger partial charge in [0.1, 0.15) is 11.5 Å². The molecular weight excluding hydrogens is 448 g/mol. The highest BCUT2D eigenvalue weighted by atomic mass is 15.5. The van der Waals surface area contributed by atoms with Crippen LogP contribution in [-0.4, -0.2) is 40.4 Å². The minimum atomic E-state index is 0.483. The smallest absolute Gasteiger partial charge is 0.223 e. The van der Waals surface area contributed by atoms with Gasteiger partial charge in [0.25, 0.3) is 0 Å². The van der Waals surface area contributed by atoms with Crippen LogP contribution in [0.1, 0.15) is 49.0 Å². The van der Waals surface area contributed by atoms with Crippen molar-refractivity contribution in [1.29, 1.82) is 0 Å². The number of hydrogen-bond donors (Lipinski definition) is 1. The number of pyridine rings is 1. The topological polar surface area (TPSA) is 98.1 Å². The molecular formula is C28H30N8. The Balaban J connectivity index is 1.33. The van der Waals surface area contributed by atoms with Gasteiger partial charge < -0.3 is 0 Å². The molecule has 8 heteroatoms. The van der Waals surface area contributed by atoms with Crippen molar-refractivity contribution in [2.45, 2.75) is 52.0 Å². The van der Waals surface area contributed by atoms with Crippen molar-refractivity contribution < 1.29 is 0 Å². The monoisotopic (exact) mass is 478 g/mol. The molecule has 3 aromatic heterocycles. The van der Waals surface area contributed by atoms with Gasteiger partial charge in [-0.1, -0.05) is 80.4 Å². The van der Waals surface area contributed by atoms with Crippen molar-refractivity contribution in [3.63, 3.8) is 0 Å². The first-order valence-corrected chi connectivity index (χ1v) is 12.5. The van der Waals surface area contributed by atoms with Crippen LogP contribution in [0.2, 0.25) is 0 Å². The molecule has 0 aliphatic heterocycles. The highest BCUT2D eigenvalue weighted by Crippen LogP contribution is 2.28. The molecule has 0 aliphatic carbocycles. The summed E-state index contributed by atoms with van der Waals surface area (Å²) in [6, 6.07) is 23.0. The van der Waals surface area contributed by atoms with E-state index in [1.54, 1.807) is 6.20 Å². The Morgan fingerprint density at radius 3 is 2.47 bits per heavy atom. The van der Waals surface area contributed by atoms with E-state index in [1.165, 1.54) is 24.0 Å². The molecule has 5 rings (SSSR count). The summed E-state index contributed by atoms with van der Waals surface area (Å²) in [5.74, 6) is 2.47. The molecule has 0 bridgehead atoms. The maximum atomic E-state index is 4.92. The Hall–Kier alpha value is -4.20. The molecule has 8 nitrogen and oxygen atoms in total. The van der Waals surface area contributed by atoms with Gasteiger partial charge in [-0.05, 0) is 40.8 Å². The van der Waals surface area contributed by atoms with E-state index in [0.717, 1.165) is 48.5 Å². The van der Waals surface area contributed by atoms with E-state index >= 15 is 0 Å². The summed E-state index contributed by atoms with van der Waals surface area (Å²) in [6.45, 7) is 2.93. The molecule has 0 fully saturated rings. The molecule has 0 spiro atoms. The fraction of sp³-hybridized carbons (Fsp3) is 0.286. The summed E-state index contributed by atoms with van der Waals surface area (Å²) in [7, 11) is 0. The number of nitrogens with one attached hydrogen (secondary N) is 1. The van der Waals surface area contributed by atoms with E-state index in [-0.39, 0.29) is 0 Å². The lowest BCUT2D eigenvalue weighted by Gasteiger charge is -2.09. The second-order valence-electron chi connectivity index (χ2n) is 8.88. The Kier molecular flexibility index (Phi) is 7.51. The Labute approximate surface area is 210 Å². The lowest BCUT2D eigenvalue weighted by molar-refractivity contribution is 0.604. The van der Waals surface area contributed by atoms with Crippen LogP contribution in [0.15, 0.2) is 72.9 Å². The van der Waals surface area contributed by atoms with Crippen LogP contribution < -0.4 is 0 Å². The van der Waals surface area contributed by atoms with Gasteiger partial charge in [0, 0.05) is 24.6 Å². The molecule has 3 heterocycles. The number of hydrogen-bond acceptors (Lipinski definition) is 6. The van der Waals surface area contributed by atoms with Crippen LogP contribution in [0, 0.1) is 0 Å². The van der Waals surface area contributed by atoms with E-state index in [1.807, 2.05) is 18.2 Å². The van der Waals surface area contributed by atoms with E-state index in [0.29, 0.717) is 18.1 Å². The minimum Gasteiger partial charge on any atom is -0.252 e. The van der Waals surface area contributed by atoms with Crippen molar-refractivity contribution in [2.75, 3.05) is 0 Å². The summed E-state index contributed by atoms with van der Waals surface area (Å²) in [5, 5.41) is 19.3. The number of rotatable bonds is 11. The Morgan fingerprint density at radius 2 is 1.69 bits per heavy atom. The van der Waals surface area contributed by atoms with Crippen molar-refractivity contribution in [2.24, 2.45) is 0 Å². The molecule has 182 valence electrons. The molecule has 36 heavy (non-hydrogen) atoms. The zero-order valence-electron chi connectivity index (χ0n) is 20.5. The van der Waals surface area contributed by atoms with Gasteiger partial charge in [-0.2, -0.15) is 10.3 Å². The molecule has 5 aromatic rings. The van der Waals surface area contributed by atoms with Crippen molar-refractivity contribution in [3.8, 4) is 22.6 Å². The lowest BCUT2D eigenvalue weighted by Crippen LogP contribution is -2.07. The first-order valence-electron chi connectivity index (χ1n) is 12.5. The van der Waals surface area contributed by atoms with Crippen LogP contribution in [0.5, 0.6) is 0 Å². The summed E-state index contributed by atoms with van der Waals surface area (Å²) in [4.78, 5) is 9.39. The molecule has 2 aromatic carbocycles. The molecule has 0 unspecified atom stereocenters. The van der Waals surface area contributed by atoms with Crippen LogP contribution in [0.25, 0.3) is 22.6 Å². The third-order valence-electron chi connectivity index (χ3n) is 6.24. The fourth-order valence-corrected chi connectivity index (χ4v) is 4.32. The lowest BCUT2D eigenvalue weighted by atomic mass is 10.0. The number of tetrazole rings is 1. The molecule has 0 aliphatic rings. The zero-order valence-corrected chi connectivity index (χ0v) is 20.5. The molecule has 0 saturated carbocycles. The van der Waals surface area contributed by atoms with Gasteiger partial charge in [0.15, 0.2) is 5.82 Å². The Bertz CT molecular complexity index is 1360. The maximum absolute atomic E-state index is 4.92. The van der Waals surface area contributed by atoms with Crippen LogP contribution in [0.4, 0.5) is 0 Å². The number of unbranched alkanes of at least 4 members (excludes halogenated alkanes) is 2. The van der Waals surface area contributed by atoms with Crippen molar-refractivity contribution in [1.82, 2.24) is 40.4 Å². The van der Waals surface area contributed by atoms with Crippen molar-refractivity contribution >= 4 is 0 Å².